The maximum absolute atomic E-state index is 13.0. The van der Waals surface area contributed by atoms with Crippen LogP contribution in [-0.2, 0) is 11.4 Å². The van der Waals surface area contributed by atoms with Crippen molar-refractivity contribution in [2.24, 2.45) is 0 Å². The Balaban J connectivity index is 1.16. The van der Waals surface area contributed by atoms with Crippen molar-refractivity contribution in [1.82, 2.24) is 14.8 Å². The zero-order valence-corrected chi connectivity index (χ0v) is 21.1. The van der Waals surface area contributed by atoms with Gasteiger partial charge in [-0.2, -0.15) is 0 Å². The molecule has 1 aromatic heterocycles. The second kappa shape index (κ2) is 10.9. The summed E-state index contributed by atoms with van der Waals surface area (Å²) in [6, 6.07) is 23.5. The van der Waals surface area contributed by atoms with Crippen molar-refractivity contribution in [2.75, 3.05) is 30.9 Å². The molecule has 0 radical (unpaired) electrons. The largest absolute Gasteiger partial charge is 0.588 e. The number of nitrogens with one attached hydrogen (secondary N) is 1. The van der Waals surface area contributed by atoms with E-state index in [-0.39, 0.29) is 5.91 Å². The average molecular weight is 515 g/mol. The van der Waals surface area contributed by atoms with Crippen LogP contribution in [0.1, 0.15) is 15.9 Å². The fourth-order valence-corrected chi connectivity index (χ4v) is 5.12. The van der Waals surface area contributed by atoms with Gasteiger partial charge in [-0.1, -0.05) is 35.9 Å². The van der Waals surface area contributed by atoms with Crippen LogP contribution in [0.3, 0.4) is 0 Å². The Hall–Kier alpha value is -4.08. The number of hydrogen-bond acceptors (Lipinski definition) is 6. The third-order valence-electron chi connectivity index (χ3n) is 6.19. The lowest BCUT2D eigenvalue weighted by atomic mass is 10.1. The third kappa shape index (κ3) is 5.68. The number of aromatic nitrogens is 1. The highest BCUT2D eigenvalue weighted by molar-refractivity contribution is 7.93. The molecule has 2 amide bonds. The molecule has 0 spiro atoms. The first-order valence-electron chi connectivity index (χ1n) is 11.9. The normalized spacial score (nSPS) is 14.3. The van der Waals surface area contributed by atoms with Gasteiger partial charge in [0.05, 0.1) is 5.69 Å². The summed E-state index contributed by atoms with van der Waals surface area (Å²) in [4.78, 5) is 33.7. The van der Waals surface area contributed by atoms with Crippen LogP contribution in [0, 0.1) is 6.92 Å². The Morgan fingerprint density at radius 3 is 2.30 bits per heavy atom. The summed E-state index contributed by atoms with van der Waals surface area (Å²) in [7, 11) is 0. The summed E-state index contributed by atoms with van der Waals surface area (Å²) >= 11 is -1.51. The molecular weight excluding hydrogens is 488 g/mol. The molecule has 1 saturated heterocycles. The number of benzene rings is 3. The lowest BCUT2D eigenvalue weighted by molar-refractivity contribution is 0.0633. The van der Waals surface area contributed by atoms with Gasteiger partial charge in [0.15, 0.2) is 0 Å². The van der Waals surface area contributed by atoms with Gasteiger partial charge in [-0.25, -0.2) is 9.52 Å². The molecule has 4 aromatic rings. The number of ether oxygens (including phenoxy) is 1. The lowest BCUT2D eigenvalue weighted by Gasteiger charge is -2.34. The highest BCUT2D eigenvalue weighted by Gasteiger charge is 2.26. The number of nitrogens with zero attached hydrogens (tertiary/aromatic N) is 3. The van der Waals surface area contributed by atoms with Gasteiger partial charge < -0.3 is 19.1 Å². The molecule has 5 rings (SSSR count). The number of rotatable bonds is 5. The Morgan fingerprint density at radius 1 is 0.892 bits per heavy atom. The number of fused-ring (bicyclic) bond motifs is 1. The van der Waals surface area contributed by atoms with Crippen LogP contribution >= 0.6 is 0 Å². The van der Waals surface area contributed by atoms with Crippen molar-refractivity contribution in [3.63, 3.8) is 0 Å². The summed E-state index contributed by atoms with van der Waals surface area (Å²) < 4.78 is 21.4. The van der Waals surface area contributed by atoms with Crippen LogP contribution in [0.15, 0.2) is 90.0 Å². The van der Waals surface area contributed by atoms with Gasteiger partial charge in [0, 0.05) is 43.3 Å². The molecule has 8 nitrogen and oxygen atoms in total. The van der Waals surface area contributed by atoms with Crippen molar-refractivity contribution in [3.8, 4) is 5.75 Å². The van der Waals surface area contributed by atoms with Gasteiger partial charge in [0.25, 0.3) is 5.91 Å². The van der Waals surface area contributed by atoms with Crippen molar-refractivity contribution in [3.05, 3.63) is 96.2 Å². The van der Waals surface area contributed by atoms with Gasteiger partial charge in [-0.05, 0) is 55.5 Å². The average Bonchev–Trinajstić information content (AvgIpc) is 2.94. The molecule has 1 aliphatic rings. The molecule has 1 atom stereocenters. The minimum absolute atomic E-state index is 0.113. The van der Waals surface area contributed by atoms with Gasteiger partial charge >= 0.3 is 6.09 Å². The van der Waals surface area contributed by atoms with E-state index in [1.807, 2.05) is 43.3 Å². The van der Waals surface area contributed by atoms with E-state index in [0.29, 0.717) is 53.6 Å². The highest BCUT2D eigenvalue weighted by atomic mass is 32.2. The van der Waals surface area contributed by atoms with E-state index in [9.17, 15) is 14.1 Å². The number of pyridine rings is 1. The number of carbonyl (C=O) groups excluding carboxylic acids is 2. The molecule has 0 saturated carbocycles. The summed E-state index contributed by atoms with van der Waals surface area (Å²) in [5, 5.41) is 0.916. The van der Waals surface area contributed by atoms with Gasteiger partial charge in [-0.3, -0.25) is 9.78 Å². The first kappa shape index (κ1) is 24.6. The SMILES string of the molecule is Cc1ccc(OC(=O)N2CCN(C(=O)c3ccc(N[S+]([O-])c4cccc5cccnc45)cc3)CC2)cc1. The van der Waals surface area contributed by atoms with Gasteiger partial charge in [-0.15, -0.1) is 0 Å². The number of carbonyl (C=O) groups is 2. The predicted octanol–water partition coefficient (Wildman–Crippen LogP) is 4.63. The molecule has 0 aliphatic carbocycles. The third-order valence-corrected chi connectivity index (χ3v) is 7.34. The van der Waals surface area contributed by atoms with Crippen LogP contribution in [0.25, 0.3) is 10.9 Å². The van der Waals surface area contributed by atoms with Gasteiger partial charge in [0.1, 0.15) is 22.6 Å². The van der Waals surface area contributed by atoms with E-state index in [1.165, 1.54) is 0 Å². The van der Waals surface area contributed by atoms with E-state index in [2.05, 4.69) is 9.71 Å². The molecule has 0 bridgehead atoms. The number of piperazine rings is 1. The fraction of sp³-hybridized carbons (Fsp3) is 0.179. The monoisotopic (exact) mass is 514 g/mol. The Labute approximate surface area is 218 Å². The number of amides is 2. The Bertz CT molecular complexity index is 1400. The molecular formula is C28H26N4O4S. The molecule has 1 aliphatic heterocycles. The summed E-state index contributed by atoms with van der Waals surface area (Å²) in [5.41, 5.74) is 2.93. The maximum Gasteiger partial charge on any atom is 0.415 e. The number of aryl methyl sites for hydroxylation is 1. The number of hydrogen-bond donors (Lipinski definition) is 1. The van der Waals surface area contributed by atoms with E-state index >= 15 is 0 Å². The standard InChI is InChI=1S/C28H26N4O4S/c1-20-7-13-24(14-8-20)36-28(34)32-18-16-31(17-19-32)27(33)22-9-11-23(12-10-22)30-37(35)25-6-2-4-21-5-3-15-29-26(21)25/h2-15,30H,16-19H2,1H3. The smallest absolute Gasteiger partial charge is 0.415 e. The van der Waals surface area contributed by atoms with Crippen molar-refractivity contribution in [2.45, 2.75) is 11.8 Å². The number of anilines is 1. The quantitative estimate of drug-likeness (QED) is 0.390. The van der Waals surface area contributed by atoms with E-state index in [0.717, 1.165) is 10.9 Å². The minimum atomic E-state index is -1.51. The zero-order valence-electron chi connectivity index (χ0n) is 20.3. The van der Waals surface area contributed by atoms with Crippen LogP contribution in [0.5, 0.6) is 5.75 Å². The molecule has 1 fully saturated rings. The molecule has 1 N–H and O–H groups in total. The van der Waals surface area contributed by atoms with Crippen molar-refractivity contribution >= 4 is 40.0 Å². The summed E-state index contributed by atoms with van der Waals surface area (Å²) in [6.07, 6.45) is 1.26. The molecule has 188 valence electrons. The predicted molar refractivity (Wildman–Crippen MR) is 143 cm³/mol. The Morgan fingerprint density at radius 2 is 1.57 bits per heavy atom. The topological polar surface area (TPSA) is 97.8 Å². The zero-order chi connectivity index (χ0) is 25.8. The maximum atomic E-state index is 13.0. The first-order valence-corrected chi connectivity index (χ1v) is 13.1. The summed E-state index contributed by atoms with van der Waals surface area (Å²) in [6.45, 7) is 3.60. The van der Waals surface area contributed by atoms with Crippen LogP contribution in [0.2, 0.25) is 0 Å². The molecule has 1 unspecified atom stereocenters. The lowest BCUT2D eigenvalue weighted by Crippen LogP contribution is -2.51. The van der Waals surface area contributed by atoms with Crippen molar-refractivity contribution < 1.29 is 18.9 Å². The molecule has 3 aromatic carbocycles. The van der Waals surface area contributed by atoms with Crippen LogP contribution in [0.4, 0.5) is 10.5 Å². The number of para-hydroxylation sites is 1. The van der Waals surface area contributed by atoms with Crippen LogP contribution < -0.4 is 9.46 Å². The van der Waals surface area contributed by atoms with E-state index in [1.54, 1.807) is 58.5 Å². The second-order valence-corrected chi connectivity index (χ2v) is 9.92. The van der Waals surface area contributed by atoms with Crippen molar-refractivity contribution in [1.29, 1.82) is 0 Å². The molecule has 2 heterocycles. The first-order chi connectivity index (χ1) is 18.0. The van der Waals surface area contributed by atoms with E-state index in [4.69, 9.17) is 4.74 Å². The van der Waals surface area contributed by atoms with Crippen LogP contribution in [-0.4, -0.2) is 57.5 Å². The molecule has 9 heteroatoms. The summed E-state index contributed by atoms with van der Waals surface area (Å²) in [5.74, 6) is 0.387. The Kier molecular flexibility index (Phi) is 7.25. The molecule has 37 heavy (non-hydrogen) atoms. The second-order valence-electron chi connectivity index (χ2n) is 8.74. The van der Waals surface area contributed by atoms with E-state index < -0.39 is 17.5 Å². The fourth-order valence-electron chi connectivity index (χ4n) is 4.12. The minimum Gasteiger partial charge on any atom is -0.588 e. The highest BCUT2D eigenvalue weighted by Crippen LogP contribution is 2.24. The van der Waals surface area contributed by atoms with Gasteiger partial charge in [0.2, 0.25) is 4.90 Å².